The van der Waals surface area contributed by atoms with Gasteiger partial charge in [0.2, 0.25) is 0 Å². The van der Waals surface area contributed by atoms with Gasteiger partial charge in [-0.3, -0.25) is 0 Å². The van der Waals surface area contributed by atoms with Gasteiger partial charge < -0.3 is 9.47 Å². The van der Waals surface area contributed by atoms with Gasteiger partial charge in [0.1, 0.15) is 6.61 Å². The molecule has 0 spiro atoms. The molecule has 0 saturated carbocycles. The summed E-state index contributed by atoms with van der Waals surface area (Å²) in [5.41, 5.74) is 0.431. The third-order valence-corrected chi connectivity index (χ3v) is 2.45. The predicted molar refractivity (Wildman–Crippen MR) is 70.0 cm³/mol. The average molecular weight is 242 g/mol. The molecule has 0 unspecified atom stereocenters. The van der Waals surface area contributed by atoms with Crippen LogP contribution >= 0.6 is 0 Å². The maximum absolute atomic E-state index is 11.0. The number of hydrogen-bond acceptors (Lipinski definition) is 3. The topological polar surface area (TPSA) is 35.5 Å². The molecular formula is C14H26O3. The van der Waals surface area contributed by atoms with Crippen molar-refractivity contribution in [3.63, 3.8) is 0 Å². The minimum atomic E-state index is -0.340. The molecule has 0 heterocycles. The molecule has 100 valence electrons. The highest BCUT2D eigenvalue weighted by atomic mass is 16.6. The first-order valence-electron chi connectivity index (χ1n) is 6.58. The first-order valence-corrected chi connectivity index (χ1v) is 6.58. The lowest BCUT2D eigenvalue weighted by atomic mass is 10.1. The fraction of sp³-hybridized carbons (Fsp3) is 0.786. The van der Waals surface area contributed by atoms with Crippen molar-refractivity contribution < 1.29 is 14.3 Å². The van der Waals surface area contributed by atoms with E-state index >= 15 is 0 Å². The van der Waals surface area contributed by atoms with E-state index in [1.807, 2.05) is 0 Å². The molecule has 3 nitrogen and oxygen atoms in total. The quantitative estimate of drug-likeness (QED) is 0.316. The molecule has 0 atom stereocenters. The zero-order chi connectivity index (χ0) is 12.9. The van der Waals surface area contributed by atoms with Crippen LogP contribution in [0.15, 0.2) is 12.2 Å². The Labute approximate surface area is 105 Å². The number of carbonyl (C=O) groups is 1. The summed E-state index contributed by atoms with van der Waals surface area (Å²) in [6.07, 6.45) is 7.56. The Morgan fingerprint density at radius 3 is 2.29 bits per heavy atom. The molecule has 0 rings (SSSR count). The average Bonchev–Trinajstić information content (AvgIpc) is 2.31. The molecule has 0 amide bonds. The Morgan fingerprint density at radius 2 is 1.65 bits per heavy atom. The molecule has 0 aromatic carbocycles. The van der Waals surface area contributed by atoms with Gasteiger partial charge in [0.15, 0.2) is 0 Å². The van der Waals surface area contributed by atoms with Gasteiger partial charge in [0.25, 0.3) is 0 Å². The fourth-order valence-corrected chi connectivity index (χ4v) is 1.40. The monoisotopic (exact) mass is 242 g/mol. The zero-order valence-electron chi connectivity index (χ0n) is 11.3. The lowest BCUT2D eigenvalue weighted by Gasteiger charge is -2.05. The van der Waals surface area contributed by atoms with Gasteiger partial charge in [0.05, 0.1) is 6.61 Å². The first kappa shape index (κ1) is 16.2. The minimum absolute atomic E-state index is 0.321. The Morgan fingerprint density at radius 1 is 1.00 bits per heavy atom. The van der Waals surface area contributed by atoms with Crippen LogP contribution in [0.1, 0.15) is 52.4 Å². The number of hydrogen-bond donors (Lipinski definition) is 0. The summed E-state index contributed by atoms with van der Waals surface area (Å²) >= 11 is 0. The number of rotatable bonds is 11. The molecule has 0 aliphatic heterocycles. The normalized spacial score (nSPS) is 10.2. The van der Waals surface area contributed by atoms with E-state index in [2.05, 4.69) is 13.5 Å². The fourth-order valence-electron chi connectivity index (χ4n) is 1.40. The van der Waals surface area contributed by atoms with Crippen LogP contribution in [0, 0.1) is 0 Å². The molecule has 0 radical (unpaired) electrons. The van der Waals surface area contributed by atoms with Crippen molar-refractivity contribution >= 4 is 5.97 Å². The van der Waals surface area contributed by atoms with Gasteiger partial charge in [-0.05, 0) is 13.3 Å². The number of esters is 1. The molecule has 0 aliphatic rings. The van der Waals surface area contributed by atoms with Crippen LogP contribution in [0.5, 0.6) is 0 Å². The standard InChI is InChI=1S/C14H26O3/c1-4-5-6-7-8-9-10-16-11-12-17-14(15)13(2)3/h2,4-12H2,1,3H3. The molecular weight excluding hydrogens is 216 g/mol. The highest BCUT2D eigenvalue weighted by Crippen LogP contribution is 2.04. The van der Waals surface area contributed by atoms with Crippen molar-refractivity contribution in [1.82, 2.24) is 0 Å². The Hall–Kier alpha value is -0.830. The summed E-state index contributed by atoms with van der Waals surface area (Å²) < 4.78 is 10.3. The van der Waals surface area contributed by atoms with Gasteiger partial charge in [-0.25, -0.2) is 4.79 Å². The summed E-state index contributed by atoms with van der Waals surface area (Å²) in [5, 5.41) is 0. The van der Waals surface area contributed by atoms with Crippen molar-refractivity contribution in [2.75, 3.05) is 19.8 Å². The summed E-state index contributed by atoms with van der Waals surface area (Å²) in [5.74, 6) is -0.340. The highest BCUT2D eigenvalue weighted by molar-refractivity contribution is 5.86. The SMILES string of the molecule is C=C(C)C(=O)OCCOCCCCCCCC. The van der Waals surface area contributed by atoms with E-state index in [1.54, 1.807) is 6.92 Å². The molecule has 0 aromatic rings. The third-order valence-electron chi connectivity index (χ3n) is 2.45. The van der Waals surface area contributed by atoms with Gasteiger partial charge in [-0.1, -0.05) is 45.6 Å². The van der Waals surface area contributed by atoms with Crippen LogP contribution in [-0.2, 0) is 14.3 Å². The van der Waals surface area contributed by atoms with E-state index in [0.717, 1.165) is 13.0 Å². The lowest BCUT2D eigenvalue weighted by Crippen LogP contribution is -2.11. The molecule has 3 heteroatoms. The highest BCUT2D eigenvalue weighted by Gasteiger charge is 2.01. The third kappa shape index (κ3) is 11.4. The number of unbranched alkanes of at least 4 members (excludes halogenated alkanes) is 5. The van der Waals surface area contributed by atoms with Crippen LogP contribution in [-0.4, -0.2) is 25.8 Å². The maximum atomic E-state index is 11.0. The number of ether oxygens (including phenoxy) is 2. The van der Waals surface area contributed by atoms with Gasteiger partial charge in [-0.15, -0.1) is 0 Å². The van der Waals surface area contributed by atoms with E-state index in [4.69, 9.17) is 9.47 Å². The van der Waals surface area contributed by atoms with Crippen molar-refractivity contribution in [1.29, 1.82) is 0 Å². The summed E-state index contributed by atoms with van der Waals surface area (Å²) in [6, 6.07) is 0. The Bertz CT molecular complexity index is 212. The number of carbonyl (C=O) groups excluding carboxylic acids is 1. The molecule has 0 aromatic heterocycles. The Kier molecular flexibility index (Phi) is 11.1. The molecule has 0 bridgehead atoms. The second-order valence-corrected chi connectivity index (χ2v) is 4.30. The summed E-state index contributed by atoms with van der Waals surface area (Å²) in [6.45, 7) is 8.92. The van der Waals surface area contributed by atoms with Gasteiger partial charge in [0, 0.05) is 12.2 Å². The van der Waals surface area contributed by atoms with Crippen molar-refractivity contribution in [3.05, 3.63) is 12.2 Å². The second-order valence-electron chi connectivity index (χ2n) is 4.30. The maximum Gasteiger partial charge on any atom is 0.333 e. The van der Waals surface area contributed by atoms with E-state index in [0.29, 0.717) is 18.8 Å². The van der Waals surface area contributed by atoms with Crippen LogP contribution in [0.25, 0.3) is 0 Å². The van der Waals surface area contributed by atoms with Crippen LogP contribution < -0.4 is 0 Å². The molecule has 0 fully saturated rings. The second kappa shape index (κ2) is 11.6. The molecule has 0 saturated heterocycles. The summed E-state index contributed by atoms with van der Waals surface area (Å²) in [4.78, 5) is 11.0. The van der Waals surface area contributed by atoms with Crippen molar-refractivity contribution in [2.45, 2.75) is 52.4 Å². The van der Waals surface area contributed by atoms with Gasteiger partial charge >= 0.3 is 5.97 Å². The molecule has 0 N–H and O–H groups in total. The van der Waals surface area contributed by atoms with E-state index < -0.39 is 0 Å². The van der Waals surface area contributed by atoms with E-state index in [9.17, 15) is 4.79 Å². The zero-order valence-corrected chi connectivity index (χ0v) is 11.3. The van der Waals surface area contributed by atoms with Crippen molar-refractivity contribution in [2.24, 2.45) is 0 Å². The first-order chi connectivity index (χ1) is 8.18. The summed E-state index contributed by atoms with van der Waals surface area (Å²) in [7, 11) is 0. The largest absolute Gasteiger partial charge is 0.460 e. The smallest absolute Gasteiger partial charge is 0.333 e. The van der Waals surface area contributed by atoms with Crippen molar-refractivity contribution in [3.8, 4) is 0 Å². The van der Waals surface area contributed by atoms with Gasteiger partial charge in [-0.2, -0.15) is 0 Å². The van der Waals surface area contributed by atoms with Crippen LogP contribution in [0.4, 0.5) is 0 Å². The van der Waals surface area contributed by atoms with Crippen LogP contribution in [0.3, 0.4) is 0 Å². The predicted octanol–water partition coefficient (Wildman–Crippen LogP) is 3.48. The van der Waals surface area contributed by atoms with E-state index in [1.165, 1.54) is 32.1 Å². The van der Waals surface area contributed by atoms with Crippen LogP contribution in [0.2, 0.25) is 0 Å². The Balaban J connectivity index is 3.08. The molecule has 0 aliphatic carbocycles. The van der Waals surface area contributed by atoms with E-state index in [-0.39, 0.29) is 5.97 Å². The molecule has 17 heavy (non-hydrogen) atoms. The lowest BCUT2D eigenvalue weighted by molar-refractivity contribution is -0.140. The minimum Gasteiger partial charge on any atom is -0.460 e.